The highest BCUT2D eigenvalue weighted by molar-refractivity contribution is 8.14. The van der Waals surface area contributed by atoms with Gasteiger partial charge in [0.05, 0.1) is 5.69 Å². The van der Waals surface area contributed by atoms with E-state index < -0.39 is 0 Å². The van der Waals surface area contributed by atoms with Crippen molar-refractivity contribution in [1.29, 1.82) is 0 Å². The van der Waals surface area contributed by atoms with Crippen LogP contribution in [0.25, 0.3) is 0 Å². The SMILES string of the molecule is Cc1nc(CN=C2NC(C)CC(C)S2)oc1C. The fourth-order valence-electron chi connectivity index (χ4n) is 1.87. The number of hydrogen-bond donors (Lipinski definition) is 1. The van der Waals surface area contributed by atoms with Gasteiger partial charge in [-0.3, -0.25) is 4.99 Å². The molecule has 94 valence electrons. The van der Waals surface area contributed by atoms with Crippen LogP contribution in [0.2, 0.25) is 0 Å². The standard InChI is InChI=1S/C12H19N3OS/c1-7-5-8(2)17-12(14-7)13-6-11-15-9(3)10(4)16-11/h7-8H,5-6H2,1-4H3,(H,13,14). The first-order valence-corrected chi connectivity index (χ1v) is 6.83. The molecule has 1 aliphatic heterocycles. The maximum atomic E-state index is 5.50. The predicted molar refractivity (Wildman–Crippen MR) is 71.4 cm³/mol. The Bertz CT molecular complexity index is 396. The fourth-order valence-corrected chi connectivity index (χ4v) is 3.04. The van der Waals surface area contributed by atoms with Crippen LogP contribution in [0.15, 0.2) is 9.41 Å². The molecule has 2 rings (SSSR count). The van der Waals surface area contributed by atoms with Crippen molar-refractivity contribution in [2.24, 2.45) is 4.99 Å². The van der Waals surface area contributed by atoms with Gasteiger partial charge in [-0.2, -0.15) is 0 Å². The van der Waals surface area contributed by atoms with Crippen molar-refractivity contribution in [3.05, 3.63) is 17.3 Å². The lowest BCUT2D eigenvalue weighted by Crippen LogP contribution is -2.38. The summed E-state index contributed by atoms with van der Waals surface area (Å²) in [7, 11) is 0. The summed E-state index contributed by atoms with van der Waals surface area (Å²) in [4.78, 5) is 8.84. The topological polar surface area (TPSA) is 50.4 Å². The number of hydrogen-bond acceptors (Lipinski definition) is 4. The minimum Gasteiger partial charge on any atom is -0.444 e. The third-order valence-electron chi connectivity index (χ3n) is 2.80. The highest BCUT2D eigenvalue weighted by Gasteiger charge is 2.19. The quantitative estimate of drug-likeness (QED) is 0.880. The number of aliphatic imine (C=N–C) groups is 1. The molecule has 17 heavy (non-hydrogen) atoms. The fraction of sp³-hybridized carbons (Fsp3) is 0.667. The maximum Gasteiger partial charge on any atom is 0.216 e. The van der Waals surface area contributed by atoms with E-state index in [1.807, 2.05) is 13.8 Å². The summed E-state index contributed by atoms with van der Waals surface area (Å²) in [6, 6.07) is 0.498. The average Bonchev–Trinajstić information content (AvgIpc) is 2.54. The average molecular weight is 253 g/mol. The summed E-state index contributed by atoms with van der Waals surface area (Å²) in [6.07, 6.45) is 1.18. The molecule has 1 aromatic rings. The summed E-state index contributed by atoms with van der Waals surface area (Å²) in [6.45, 7) is 8.82. The van der Waals surface area contributed by atoms with E-state index in [1.54, 1.807) is 11.8 Å². The van der Waals surface area contributed by atoms with E-state index in [1.165, 1.54) is 6.42 Å². The molecule has 0 aliphatic carbocycles. The van der Waals surface area contributed by atoms with E-state index in [0.717, 1.165) is 16.6 Å². The van der Waals surface area contributed by atoms with Gasteiger partial charge in [-0.05, 0) is 27.2 Å². The Morgan fingerprint density at radius 2 is 2.24 bits per heavy atom. The molecule has 0 amide bonds. The second-order valence-corrected chi connectivity index (χ2v) is 6.01. The number of thioether (sulfide) groups is 1. The molecule has 1 saturated heterocycles. The van der Waals surface area contributed by atoms with Crippen LogP contribution >= 0.6 is 11.8 Å². The Hall–Kier alpha value is -0.970. The first-order valence-electron chi connectivity index (χ1n) is 5.95. The smallest absolute Gasteiger partial charge is 0.216 e. The van der Waals surface area contributed by atoms with Crippen LogP contribution in [0.1, 0.15) is 37.6 Å². The van der Waals surface area contributed by atoms with E-state index in [2.05, 4.69) is 29.1 Å². The Morgan fingerprint density at radius 1 is 1.47 bits per heavy atom. The van der Waals surface area contributed by atoms with Gasteiger partial charge in [-0.25, -0.2) is 4.98 Å². The largest absolute Gasteiger partial charge is 0.444 e. The zero-order chi connectivity index (χ0) is 12.4. The number of nitrogens with one attached hydrogen (secondary N) is 1. The Balaban J connectivity index is 2.00. The number of oxazole rings is 1. The molecular weight excluding hydrogens is 234 g/mol. The van der Waals surface area contributed by atoms with Gasteiger partial charge in [0.1, 0.15) is 12.3 Å². The molecule has 2 unspecified atom stereocenters. The van der Waals surface area contributed by atoms with Crippen molar-refractivity contribution in [3.8, 4) is 0 Å². The number of aryl methyl sites for hydroxylation is 2. The minimum atomic E-state index is 0.498. The van der Waals surface area contributed by atoms with Crippen molar-refractivity contribution < 1.29 is 4.42 Å². The molecule has 0 bridgehead atoms. The number of rotatable bonds is 2. The lowest BCUT2D eigenvalue weighted by molar-refractivity contribution is 0.473. The molecule has 0 saturated carbocycles. The maximum absolute atomic E-state index is 5.50. The van der Waals surface area contributed by atoms with E-state index in [0.29, 0.717) is 23.7 Å². The molecular formula is C12H19N3OS. The van der Waals surface area contributed by atoms with Gasteiger partial charge in [0.15, 0.2) is 5.17 Å². The van der Waals surface area contributed by atoms with Gasteiger partial charge in [0.2, 0.25) is 5.89 Å². The highest BCUT2D eigenvalue weighted by Crippen LogP contribution is 2.22. The van der Waals surface area contributed by atoms with Crippen molar-refractivity contribution >= 4 is 16.9 Å². The molecule has 4 nitrogen and oxygen atoms in total. The monoisotopic (exact) mass is 253 g/mol. The lowest BCUT2D eigenvalue weighted by atomic mass is 10.2. The van der Waals surface area contributed by atoms with Gasteiger partial charge >= 0.3 is 0 Å². The Labute approximate surface area is 106 Å². The van der Waals surface area contributed by atoms with E-state index in [4.69, 9.17) is 4.42 Å². The Morgan fingerprint density at radius 3 is 2.82 bits per heavy atom. The van der Waals surface area contributed by atoms with Crippen LogP contribution in [0.4, 0.5) is 0 Å². The molecule has 1 aromatic heterocycles. The van der Waals surface area contributed by atoms with E-state index in [-0.39, 0.29) is 0 Å². The summed E-state index contributed by atoms with van der Waals surface area (Å²) >= 11 is 1.79. The van der Waals surface area contributed by atoms with E-state index in [9.17, 15) is 0 Å². The molecule has 0 aromatic carbocycles. The van der Waals surface area contributed by atoms with Gasteiger partial charge in [-0.15, -0.1) is 0 Å². The first-order chi connectivity index (χ1) is 8.04. The van der Waals surface area contributed by atoms with Crippen LogP contribution in [-0.4, -0.2) is 21.4 Å². The molecule has 1 fully saturated rings. The minimum absolute atomic E-state index is 0.498. The zero-order valence-corrected chi connectivity index (χ0v) is 11.6. The number of amidine groups is 1. The first kappa shape index (κ1) is 12.5. The van der Waals surface area contributed by atoms with Crippen molar-refractivity contribution in [1.82, 2.24) is 10.3 Å². The molecule has 2 atom stereocenters. The molecule has 2 heterocycles. The van der Waals surface area contributed by atoms with Crippen LogP contribution in [0, 0.1) is 13.8 Å². The van der Waals surface area contributed by atoms with Crippen LogP contribution in [0.5, 0.6) is 0 Å². The third-order valence-corrected chi connectivity index (χ3v) is 3.86. The zero-order valence-electron chi connectivity index (χ0n) is 10.8. The van der Waals surface area contributed by atoms with E-state index >= 15 is 0 Å². The Kier molecular flexibility index (Phi) is 3.76. The predicted octanol–water partition coefficient (Wildman–Crippen LogP) is 2.65. The van der Waals surface area contributed by atoms with Gasteiger partial charge < -0.3 is 9.73 Å². The molecule has 5 heteroatoms. The van der Waals surface area contributed by atoms with Gasteiger partial charge in [0.25, 0.3) is 0 Å². The van der Waals surface area contributed by atoms with Crippen molar-refractivity contribution in [2.45, 2.75) is 52.0 Å². The van der Waals surface area contributed by atoms with Gasteiger partial charge in [0, 0.05) is 11.3 Å². The number of nitrogens with zero attached hydrogens (tertiary/aromatic N) is 2. The molecule has 0 spiro atoms. The number of aromatic nitrogens is 1. The van der Waals surface area contributed by atoms with Crippen molar-refractivity contribution in [2.75, 3.05) is 0 Å². The molecule has 1 aliphatic rings. The second-order valence-electron chi connectivity index (χ2n) is 4.58. The summed E-state index contributed by atoms with van der Waals surface area (Å²) < 4.78 is 5.50. The second kappa shape index (κ2) is 5.12. The summed E-state index contributed by atoms with van der Waals surface area (Å²) in [5.74, 6) is 1.58. The molecule has 0 radical (unpaired) electrons. The molecule has 1 N–H and O–H groups in total. The normalized spacial score (nSPS) is 27.2. The lowest BCUT2D eigenvalue weighted by Gasteiger charge is -2.26. The summed E-state index contributed by atoms with van der Waals surface area (Å²) in [5.41, 5.74) is 0.950. The summed E-state index contributed by atoms with van der Waals surface area (Å²) in [5, 5.41) is 5.01. The van der Waals surface area contributed by atoms with Crippen LogP contribution in [0.3, 0.4) is 0 Å². The highest BCUT2D eigenvalue weighted by atomic mass is 32.2. The van der Waals surface area contributed by atoms with Gasteiger partial charge in [-0.1, -0.05) is 18.7 Å². The van der Waals surface area contributed by atoms with Crippen LogP contribution in [-0.2, 0) is 6.54 Å². The van der Waals surface area contributed by atoms with Crippen LogP contribution < -0.4 is 5.32 Å². The van der Waals surface area contributed by atoms with Crippen molar-refractivity contribution in [3.63, 3.8) is 0 Å². The third kappa shape index (κ3) is 3.25.